The molecule has 0 aromatic heterocycles. The number of fused-ring (bicyclic) bond motifs is 1. The fourth-order valence-corrected chi connectivity index (χ4v) is 3.19. The van der Waals surface area contributed by atoms with Gasteiger partial charge < -0.3 is 19.7 Å². The van der Waals surface area contributed by atoms with Crippen molar-refractivity contribution >= 4 is 28.7 Å². The normalized spacial score (nSPS) is 11.4. The number of carbonyl (C=O) groups excluding carboxylic acids is 2. The molecule has 0 fully saturated rings. The van der Waals surface area contributed by atoms with Gasteiger partial charge in [-0.3, -0.25) is 4.79 Å². The highest BCUT2D eigenvalue weighted by Gasteiger charge is 2.12. The predicted octanol–water partition coefficient (Wildman–Crippen LogP) is 3.77. The molecular formula is C26H28N2O4. The van der Waals surface area contributed by atoms with Gasteiger partial charge in [0.25, 0.3) is 5.91 Å². The van der Waals surface area contributed by atoms with E-state index in [4.69, 9.17) is 9.47 Å². The van der Waals surface area contributed by atoms with Crippen molar-refractivity contribution in [3.63, 3.8) is 0 Å². The maximum absolute atomic E-state index is 12.9. The summed E-state index contributed by atoms with van der Waals surface area (Å²) in [6, 6.07) is 20.7. The highest BCUT2D eigenvalue weighted by Crippen LogP contribution is 2.25. The Balaban J connectivity index is 1.82. The van der Waals surface area contributed by atoms with Gasteiger partial charge in [0.1, 0.15) is 12.4 Å². The molecule has 0 saturated heterocycles. The molecule has 32 heavy (non-hydrogen) atoms. The molecule has 0 spiro atoms. The first kappa shape index (κ1) is 23.0. The van der Waals surface area contributed by atoms with Gasteiger partial charge in [0.05, 0.1) is 18.2 Å². The van der Waals surface area contributed by atoms with Crippen LogP contribution in [-0.4, -0.2) is 57.7 Å². The van der Waals surface area contributed by atoms with Gasteiger partial charge in [0, 0.05) is 18.5 Å². The molecule has 6 heteroatoms. The molecule has 0 unspecified atom stereocenters. The Bertz CT molecular complexity index is 1100. The third-order valence-electron chi connectivity index (χ3n) is 4.94. The average molecular weight is 433 g/mol. The first-order valence-corrected chi connectivity index (χ1v) is 10.4. The van der Waals surface area contributed by atoms with Crippen LogP contribution in [0.4, 0.5) is 0 Å². The van der Waals surface area contributed by atoms with E-state index in [1.807, 2.05) is 61.5 Å². The summed E-state index contributed by atoms with van der Waals surface area (Å²) in [5, 5.41) is 5.01. The number of rotatable bonds is 9. The minimum atomic E-state index is -0.401. The highest BCUT2D eigenvalue weighted by molar-refractivity contribution is 5.98. The lowest BCUT2D eigenvalue weighted by Gasteiger charge is -2.14. The van der Waals surface area contributed by atoms with Crippen molar-refractivity contribution in [1.82, 2.24) is 10.2 Å². The maximum Gasteiger partial charge on any atom is 0.337 e. The molecule has 0 bridgehead atoms. The van der Waals surface area contributed by atoms with Crippen molar-refractivity contribution in [2.24, 2.45) is 0 Å². The van der Waals surface area contributed by atoms with Crippen LogP contribution in [0, 0.1) is 0 Å². The van der Waals surface area contributed by atoms with E-state index in [1.165, 1.54) is 7.11 Å². The summed E-state index contributed by atoms with van der Waals surface area (Å²) in [6.07, 6.45) is 1.77. The summed E-state index contributed by atoms with van der Waals surface area (Å²) >= 11 is 0. The fraction of sp³-hybridized carbons (Fsp3) is 0.231. The Kier molecular flexibility index (Phi) is 8.00. The van der Waals surface area contributed by atoms with Crippen molar-refractivity contribution < 1.29 is 19.1 Å². The molecule has 3 aromatic carbocycles. The number of likely N-dealkylation sites (N-methyl/N-ethyl adjacent to an activating group) is 1. The average Bonchev–Trinajstić information content (AvgIpc) is 2.81. The van der Waals surface area contributed by atoms with Crippen LogP contribution >= 0.6 is 0 Å². The third kappa shape index (κ3) is 6.18. The summed E-state index contributed by atoms with van der Waals surface area (Å²) in [5.74, 6) is 0.127. The number of amides is 1. The molecule has 166 valence electrons. The quantitative estimate of drug-likeness (QED) is 0.412. The third-order valence-corrected chi connectivity index (χ3v) is 4.94. The van der Waals surface area contributed by atoms with Crippen LogP contribution < -0.4 is 10.1 Å². The second-order valence-corrected chi connectivity index (χ2v) is 7.61. The molecule has 1 N–H and O–H groups in total. The van der Waals surface area contributed by atoms with Gasteiger partial charge in [-0.25, -0.2) is 4.79 Å². The van der Waals surface area contributed by atoms with E-state index < -0.39 is 5.97 Å². The number of ether oxygens (including phenoxy) is 2. The first-order valence-electron chi connectivity index (χ1n) is 10.4. The van der Waals surface area contributed by atoms with Gasteiger partial charge in [-0.1, -0.05) is 48.5 Å². The van der Waals surface area contributed by atoms with E-state index in [9.17, 15) is 9.59 Å². The number of methoxy groups -OCH3 is 1. The summed E-state index contributed by atoms with van der Waals surface area (Å²) in [5.41, 5.74) is 1.73. The number of benzene rings is 3. The van der Waals surface area contributed by atoms with Crippen LogP contribution in [0.1, 0.15) is 15.9 Å². The van der Waals surface area contributed by atoms with E-state index >= 15 is 0 Å². The summed E-state index contributed by atoms with van der Waals surface area (Å²) in [6.45, 7) is 1.37. The highest BCUT2D eigenvalue weighted by atomic mass is 16.5. The molecule has 0 atom stereocenters. The van der Waals surface area contributed by atoms with Crippen LogP contribution in [0.25, 0.3) is 16.8 Å². The van der Waals surface area contributed by atoms with Crippen LogP contribution in [-0.2, 0) is 9.53 Å². The Hall–Kier alpha value is -3.64. The molecule has 1 amide bonds. The van der Waals surface area contributed by atoms with Crippen molar-refractivity contribution in [3.05, 3.63) is 83.4 Å². The topological polar surface area (TPSA) is 67.9 Å². The van der Waals surface area contributed by atoms with E-state index in [1.54, 1.807) is 30.3 Å². The summed E-state index contributed by atoms with van der Waals surface area (Å²) in [4.78, 5) is 26.6. The van der Waals surface area contributed by atoms with Crippen LogP contribution in [0.15, 0.2) is 72.3 Å². The molecule has 0 saturated carbocycles. The van der Waals surface area contributed by atoms with Crippen molar-refractivity contribution in [2.45, 2.75) is 0 Å². The number of hydrogen-bond donors (Lipinski definition) is 1. The number of esters is 1. The largest absolute Gasteiger partial charge is 0.488 e. The van der Waals surface area contributed by atoms with Gasteiger partial charge in [-0.2, -0.15) is 0 Å². The van der Waals surface area contributed by atoms with E-state index in [2.05, 4.69) is 5.32 Å². The number of nitrogens with zero attached hydrogens (tertiary/aromatic N) is 1. The van der Waals surface area contributed by atoms with E-state index in [0.717, 1.165) is 28.6 Å². The van der Waals surface area contributed by atoms with Gasteiger partial charge in [-0.05, 0) is 49.3 Å². The minimum absolute atomic E-state index is 0.112. The molecule has 3 rings (SSSR count). The van der Waals surface area contributed by atoms with Gasteiger partial charge >= 0.3 is 5.97 Å². The standard InChI is InChI=1S/C26H28N2O4/c1-28(2)16-15-27-25(29)22(17-19-11-13-21(14-12-19)26(30)31-3)18-32-24-10-6-8-20-7-4-5-9-23(20)24/h4-14,17H,15-16,18H2,1-3H3,(H,27,29). The molecule has 3 aromatic rings. The van der Waals surface area contributed by atoms with Gasteiger partial charge in [0.2, 0.25) is 0 Å². The van der Waals surface area contributed by atoms with Crippen LogP contribution in [0.2, 0.25) is 0 Å². The SMILES string of the molecule is COC(=O)c1ccc(C=C(COc2cccc3ccccc23)C(=O)NCCN(C)C)cc1. The molecule has 0 radical (unpaired) electrons. The Morgan fingerprint density at radius 2 is 1.69 bits per heavy atom. The van der Waals surface area contributed by atoms with Crippen LogP contribution in [0.5, 0.6) is 5.75 Å². The van der Waals surface area contributed by atoms with E-state index in [-0.39, 0.29) is 12.5 Å². The van der Waals surface area contributed by atoms with Crippen molar-refractivity contribution in [2.75, 3.05) is 40.9 Å². The van der Waals surface area contributed by atoms with Crippen molar-refractivity contribution in [1.29, 1.82) is 0 Å². The molecule has 0 aliphatic heterocycles. The van der Waals surface area contributed by atoms with Crippen LogP contribution in [0.3, 0.4) is 0 Å². The molecule has 0 heterocycles. The molecule has 6 nitrogen and oxygen atoms in total. The Morgan fingerprint density at radius 3 is 2.41 bits per heavy atom. The number of hydrogen-bond acceptors (Lipinski definition) is 5. The predicted molar refractivity (Wildman–Crippen MR) is 127 cm³/mol. The Morgan fingerprint density at radius 1 is 0.969 bits per heavy atom. The van der Waals surface area contributed by atoms with Gasteiger partial charge in [0.15, 0.2) is 0 Å². The minimum Gasteiger partial charge on any atom is -0.488 e. The lowest BCUT2D eigenvalue weighted by molar-refractivity contribution is -0.117. The summed E-state index contributed by atoms with van der Waals surface area (Å²) in [7, 11) is 5.25. The smallest absolute Gasteiger partial charge is 0.337 e. The van der Waals surface area contributed by atoms with E-state index in [0.29, 0.717) is 17.7 Å². The zero-order valence-electron chi connectivity index (χ0n) is 18.6. The van der Waals surface area contributed by atoms with Gasteiger partial charge in [-0.15, -0.1) is 0 Å². The zero-order chi connectivity index (χ0) is 22.9. The monoisotopic (exact) mass is 432 g/mol. The zero-order valence-corrected chi connectivity index (χ0v) is 18.6. The molecular weight excluding hydrogens is 404 g/mol. The van der Waals surface area contributed by atoms with Crippen molar-refractivity contribution in [3.8, 4) is 5.75 Å². The second-order valence-electron chi connectivity index (χ2n) is 7.61. The summed E-state index contributed by atoms with van der Waals surface area (Å²) < 4.78 is 10.8. The first-order chi connectivity index (χ1) is 15.5. The lowest BCUT2D eigenvalue weighted by atomic mass is 10.1. The lowest BCUT2D eigenvalue weighted by Crippen LogP contribution is -2.33. The number of carbonyl (C=O) groups is 2. The molecule has 0 aliphatic carbocycles. The second kappa shape index (κ2) is 11.1. The fourth-order valence-electron chi connectivity index (χ4n) is 3.19. The Labute approximate surface area is 188 Å². The number of nitrogens with one attached hydrogen (secondary N) is 1. The maximum atomic E-state index is 12.9. The molecule has 0 aliphatic rings.